The molecule has 5 heteroatoms. The van der Waals surface area contributed by atoms with Crippen LogP contribution in [-0.2, 0) is 11.0 Å². The van der Waals surface area contributed by atoms with Crippen LogP contribution in [0.25, 0.3) is 0 Å². The van der Waals surface area contributed by atoms with Crippen molar-refractivity contribution in [3.8, 4) is 0 Å². The van der Waals surface area contributed by atoms with Crippen LogP contribution in [0.2, 0.25) is 0 Å². The third-order valence-corrected chi connectivity index (χ3v) is 3.96. The van der Waals surface area contributed by atoms with E-state index in [0.29, 0.717) is 6.42 Å². The fraction of sp³-hybridized carbons (Fsp3) is 0.875. The van der Waals surface area contributed by atoms with Crippen molar-refractivity contribution in [2.45, 2.75) is 36.3 Å². The standard InChI is InChI=1S/C8H13Cl2NOS/c1-7(2,3)13(12)11-5-6-4-8(6,9)10/h5-6H,4H2,1-3H3/t6-,13?/m0/s1. The van der Waals surface area contributed by atoms with Gasteiger partial charge in [0.05, 0.1) is 4.75 Å². The Morgan fingerprint density at radius 3 is 2.31 bits per heavy atom. The minimum atomic E-state index is -1.20. The van der Waals surface area contributed by atoms with Crippen molar-refractivity contribution in [1.29, 1.82) is 0 Å². The van der Waals surface area contributed by atoms with Crippen molar-refractivity contribution in [2.75, 3.05) is 0 Å². The lowest BCUT2D eigenvalue weighted by Gasteiger charge is -2.12. The molecule has 0 N–H and O–H groups in total. The Balaban J connectivity index is 2.47. The van der Waals surface area contributed by atoms with Gasteiger partial charge in [-0.3, -0.25) is 0 Å². The fourth-order valence-corrected chi connectivity index (χ4v) is 1.70. The van der Waals surface area contributed by atoms with Gasteiger partial charge in [0.2, 0.25) is 0 Å². The molecule has 0 aromatic rings. The van der Waals surface area contributed by atoms with Crippen molar-refractivity contribution in [3.63, 3.8) is 0 Å². The maximum absolute atomic E-state index is 11.4. The first-order chi connectivity index (χ1) is 5.73. The molecule has 0 radical (unpaired) electrons. The van der Waals surface area contributed by atoms with E-state index in [1.165, 1.54) is 0 Å². The smallest absolute Gasteiger partial charge is 0.144 e. The lowest BCUT2D eigenvalue weighted by atomic mass is 10.3. The summed E-state index contributed by atoms with van der Waals surface area (Å²) in [5.41, 5.74) is 0. The summed E-state index contributed by atoms with van der Waals surface area (Å²) in [6, 6.07) is 0. The van der Waals surface area contributed by atoms with Crippen LogP contribution in [0.5, 0.6) is 0 Å². The van der Waals surface area contributed by atoms with Crippen molar-refractivity contribution in [1.82, 2.24) is 0 Å². The van der Waals surface area contributed by atoms with Gasteiger partial charge in [0, 0.05) is 12.1 Å². The van der Waals surface area contributed by atoms with E-state index in [0.717, 1.165) is 0 Å². The van der Waals surface area contributed by atoms with Crippen LogP contribution >= 0.6 is 23.2 Å². The Labute approximate surface area is 91.3 Å². The normalized spacial score (nSPS) is 29.2. The zero-order valence-corrected chi connectivity index (χ0v) is 10.2. The number of alkyl halides is 2. The van der Waals surface area contributed by atoms with Crippen LogP contribution < -0.4 is 0 Å². The highest BCUT2D eigenvalue weighted by Gasteiger charge is 2.50. The Kier molecular flexibility index (Phi) is 3.11. The van der Waals surface area contributed by atoms with Crippen LogP contribution in [0.1, 0.15) is 27.2 Å². The van der Waals surface area contributed by atoms with Crippen molar-refractivity contribution in [2.24, 2.45) is 10.3 Å². The van der Waals surface area contributed by atoms with Gasteiger partial charge in [0.15, 0.2) is 0 Å². The molecule has 1 saturated carbocycles. The van der Waals surface area contributed by atoms with Crippen LogP contribution in [0.4, 0.5) is 0 Å². The predicted molar refractivity (Wildman–Crippen MR) is 58.9 cm³/mol. The zero-order chi connectivity index (χ0) is 10.3. The summed E-state index contributed by atoms with van der Waals surface area (Å²) in [5, 5.41) is 0. The Bertz CT molecular complexity index is 257. The third kappa shape index (κ3) is 3.22. The van der Waals surface area contributed by atoms with E-state index >= 15 is 0 Å². The number of rotatable bonds is 2. The molecule has 0 aliphatic heterocycles. The van der Waals surface area contributed by atoms with Gasteiger partial charge >= 0.3 is 0 Å². The molecule has 76 valence electrons. The number of hydrogen-bond acceptors (Lipinski definition) is 1. The average molecular weight is 242 g/mol. The van der Waals surface area contributed by atoms with Gasteiger partial charge < -0.3 is 0 Å². The third-order valence-electron chi connectivity index (χ3n) is 1.73. The molecule has 0 amide bonds. The SMILES string of the molecule is CC(C)(C)S(=O)N=C[C@@H]1CC1(Cl)Cl. The molecule has 0 bridgehead atoms. The Hall–Kier alpha value is 0.400. The molecule has 13 heavy (non-hydrogen) atoms. The average Bonchev–Trinajstić information content (AvgIpc) is 2.52. The highest BCUT2D eigenvalue weighted by atomic mass is 35.5. The molecule has 0 aromatic heterocycles. The van der Waals surface area contributed by atoms with Crippen molar-refractivity contribution < 1.29 is 4.21 Å². The van der Waals surface area contributed by atoms with Crippen LogP contribution in [0, 0.1) is 5.92 Å². The molecule has 0 spiro atoms. The van der Waals surface area contributed by atoms with Gasteiger partial charge in [0.1, 0.15) is 15.3 Å². The van der Waals surface area contributed by atoms with Gasteiger partial charge in [-0.15, -0.1) is 23.2 Å². The van der Waals surface area contributed by atoms with E-state index in [4.69, 9.17) is 23.2 Å². The first-order valence-electron chi connectivity index (χ1n) is 4.07. The maximum atomic E-state index is 11.4. The summed E-state index contributed by atoms with van der Waals surface area (Å²) in [4.78, 5) is 0. The van der Waals surface area contributed by atoms with E-state index < -0.39 is 15.3 Å². The molecule has 1 fully saturated rings. The molecular weight excluding hydrogens is 229 g/mol. The van der Waals surface area contributed by atoms with Gasteiger partial charge in [0.25, 0.3) is 0 Å². The van der Waals surface area contributed by atoms with Crippen molar-refractivity contribution >= 4 is 40.4 Å². The van der Waals surface area contributed by atoms with E-state index in [9.17, 15) is 4.21 Å². The van der Waals surface area contributed by atoms with Crippen LogP contribution in [0.3, 0.4) is 0 Å². The number of nitrogens with zero attached hydrogens (tertiary/aromatic N) is 1. The number of halogens is 2. The summed E-state index contributed by atoms with van der Waals surface area (Å²) in [5.74, 6) is 0.0714. The Morgan fingerprint density at radius 2 is 2.00 bits per heavy atom. The largest absolute Gasteiger partial charge is 0.234 e. The second-order valence-electron chi connectivity index (χ2n) is 4.19. The van der Waals surface area contributed by atoms with Gasteiger partial charge in [-0.2, -0.15) is 4.40 Å². The summed E-state index contributed by atoms with van der Waals surface area (Å²) in [7, 11) is -1.20. The van der Waals surface area contributed by atoms with E-state index in [-0.39, 0.29) is 10.7 Å². The van der Waals surface area contributed by atoms with Crippen LogP contribution in [0.15, 0.2) is 4.40 Å². The minimum absolute atomic E-state index is 0.0714. The first kappa shape index (κ1) is 11.5. The molecule has 0 aromatic carbocycles. The molecule has 0 heterocycles. The van der Waals surface area contributed by atoms with Gasteiger partial charge in [-0.25, -0.2) is 4.21 Å². The summed E-state index contributed by atoms with van der Waals surface area (Å²) in [6.45, 7) is 5.63. The van der Waals surface area contributed by atoms with Gasteiger partial charge in [-0.1, -0.05) is 0 Å². The molecule has 1 aliphatic rings. The first-order valence-corrected chi connectivity index (χ1v) is 5.94. The molecule has 2 atom stereocenters. The highest BCUT2D eigenvalue weighted by molar-refractivity contribution is 7.85. The highest BCUT2D eigenvalue weighted by Crippen LogP contribution is 2.52. The quantitative estimate of drug-likeness (QED) is 0.540. The van der Waals surface area contributed by atoms with Crippen molar-refractivity contribution in [3.05, 3.63) is 0 Å². The molecule has 1 unspecified atom stereocenters. The fourth-order valence-electron chi connectivity index (χ4n) is 0.683. The second-order valence-corrected chi connectivity index (χ2v) is 7.66. The van der Waals surface area contributed by atoms with E-state index in [1.807, 2.05) is 20.8 Å². The van der Waals surface area contributed by atoms with Crippen LogP contribution in [-0.4, -0.2) is 19.5 Å². The Morgan fingerprint density at radius 1 is 1.54 bits per heavy atom. The summed E-state index contributed by atoms with van der Waals surface area (Å²) < 4.78 is 14.4. The predicted octanol–water partition coefficient (Wildman–Crippen LogP) is 2.71. The lowest BCUT2D eigenvalue weighted by Crippen LogP contribution is -2.19. The molecule has 2 nitrogen and oxygen atoms in total. The van der Waals surface area contributed by atoms with Gasteiger partial charge in [-0.05, 0) is 27.2 Å². The molecular formula is C8H13Cl2NOS. The monoisotopic (exact) mass is 241 g/mol. The topological polar surface area (TPSA) is 29.4 Å². The molecule has 1 aliphatic carbocycles. The summed E-state index contributed by atoms with van der Waals surface area (Å²) in [6.07, 6.45) is 2.32. The summed E-state index contributed by atoms with van der Waals surface area (Å²) >= 11 is 11.6. The molecule has 0 saturated heterocycles. The second kappa shape index (κ2) is 3.52. The molecule has 1 rings (SSSR count). The van der Waals surface area contributed by atoms with E-state index in [1.54, 1.807) is 6.21 Å². The van der Waals surface area contributed by atoms with E-state index in [2.05, 4.69) is 4.40 Å². The zero-order valence-electron chi connectivity index (χ0n) is 7.88. The number of hydrogen-bond donors (Lipinski definition) is 0. The maximum Gasteiger partial charge on any atom is 0.144 e. The lowest BCUT2D eigenvalue weighted by molar-refractivity contribution is 0.650. The minimum Gasteiger partial charge on any atom is -0.234 e.